The van der Waals surface area contributed by atoms with Gasteiger partial charge in [0, 0.05) is 26.1 Å². The van der Waals surface area contributed by atoms with Crippen LogP contribution < -0.4 is 19.1 Å². The SMILES string of the molecule is CCNC(=O)C(CC)N(Cc1ccc(OC)cc1)C(=O)CCCN(c1ccccc1OC)S(C)(=O)=O. The fourth-order valence-electron chi connectivity index (χ4n) is 3.96. The van der Waals surface area contributed by atoms with Crippen molar-refractivity contribution in [2.75, 3.05) is 37.9 Å². The molecule has 0 spiro atoms. The van der Waals surface area contributed by atoms with Gasteiger partial charge in [0.05, 0.1) is 26.2 Å². The van der Waals surface area contributed by atoms with Crippen LogP contribution in [0.1, 0.15) is 38.7 Å². The highest BCUT2D eigenvalue weighted by molar-refractivity contribution is 7.92. The van der Waals surface area contributed by atoms with Crippen LogP contribution in [-0.4, -0.2) is 64.7 Å². The Morgan fingerprint density at radius 3 is 2.22 bits per heavy atom. The van der Waals surface area contributed by atoms with Crippen molar-refractivity contribution in [3.05, 3.63) is 54.1 Å². The number of hydrogen-bond acceptors (Lipinski definition) is 6. The Hall–Kier alpha value is -3.27. The van der Waals surface area contributed by atoms with Crippen LogP contribution in [0, 0.1) is 0 Å². The second kappa shape index (κ2) is 13.7. The van der Waals surface area contributed by atoms with Crippen molar-refractivity contribution in [1.29, 1.82) is 0 Å². The summed E-state index contributed by atoms with van der Waals surface area (Å²) >= 11 is 0. The predicted octanol–water partition coefficient (Wildman–Crippen LogP) is 3.19. The molecule has 2 amide bonds. The van der Waals surface area contributed by atoms with Crippen LogP contribution in [0.4, 0.5) is 5.69 Å². The largest absolute Gasteiger partial charge is 0.497 e. The van der Waals surface area contributed by atoms with Crippen LogP contribution in [0.5, 0.6) is 11.5 Å². The zero-order chi connectivity index (χ0) is 26.7. The number of hydrogen-bond donors (Lipinski definition) is 1. The third-order valence-electron chi connectivity index (χ3n) is 5.75. The van der Waals surface area contributed by atoms with E-state index in [2.05, 4.69) is 5.32 Å². The minimum absolute atomic E-state index is 0.0766. The van der Waals surface area contributed by atoms with Gasteiger partial charge < -0.3 is 19.7 Å². The summed E-state index contributed by atoms with van der Waals surface area (Å²) < 4.78 is 36.8. The van der Waals surface area contributed by atoms with Crippen molar-refractivity contribution in [3.63, 3.8) is 0 Å². The maximum atomic E-state index is 13.4. The summed E-state index contributed by atoms with van der Waals surface area (Å²) in [6, 6.07) is 13.5. The molecule has 1 atom stereocenters. The molecule has 36 heavy (non-hydrogen) atoms. The van der Waals surface area contributed by atoms with E-state index in [4.69, 9.17) is 9.47 Å². The van der Waals surface area contributed by atoms with E-state index in [9.17, 15) is 18.0 Å². The first kappa shape index (κ1) is 29.0. The van der Waals surface area contributed by atoms with Crippen LogP contribution in [-0.2, 0) is 26.2 Å². The third-order valence-corrected chi connectivity index (χ3v) is 6.93. The summed E-state index contributed by atoms with van der Waals surface area (Å²) in [6.45, 7) is 4.50. The van der Waals surface area contributed by atoms with Crippen molar-refractivity contribution in [1.82, 2.24) is 10.2 Å². The summed E-state index contributed by atoms with van der Waals surface area (Å²) in [7, 11) is -0.554. The Morgan fingerprint density at radius 2 is 1.67 bits per heavy atom. The molecule has 2 aromatic rings. The molecule has 0 saturated heterocycles. The topological polar surface area (TPSA) is 105 Å². The van der Waals surface area contributed by atoms with Gasteiger partial charge in [-0.25, -0.2) is 8.42 Å². The van der Waals surface area contributed by atoms with Gasteiger partial charge >= 0.3 is 0 Å². The van der Waals surface area contributed by atoms with Crippen LogP contribution in [0.15, 0.2) is 48.5 Å². The first-order valence-corrected chi connectivity index (χ1v) is 13.8. The summed E-state index contributed by atoms with van der Waals surface area (Å²) in [6.07, 6.45) is 1.92. The molecule has 0 aliphatic heterocycles. The number of anilines is 1. The summed E-state index contributed by atoms with van der Waals surface area (Å²) in [5.41, 5.74) is 1.28. The maximum Gasteiger partial charge on any atom is 0.242 e. The molecule has 198 valence electrons. The molecular weight excluding hydrogens is 482 g/mol. The van der Waals surface area contributed by atoms with E-state index >= 15 is 0 Å². The first-order chi connectivity index (χ1) is 17.2. The fourth-order valence-corrected chi connectivity index (χ4v) is 4.93. The van der Waals surface area contributed by atoms with Gasteiger partial charge in [0.25, 0.3) is 0 Å². The van der Waals surface area contributed by atoms with Gasteiger partial charge in [0.2, 0.25) is 21.8 Å². The van der Waals surface area contributed by atoms with Crippen molar-refractivity contribution in [3.8, 4) is 11.5 Å². The van der Waals surface area contributed by atoms with E-state index in [0.717, 1.165) is 11.8 Å². The quantitative estimate of drug-likeness (QED) is 0.411. The highest BCUT2D eigenvalue weighted by atomic mass is 32.2. The van der Waals surface area contributed by atoms with E-state index in [1.165, 1.54) is 11.4 Å². The molecule has 1 unspecified atom stereocenters. The van der Waals surface area contributed by atoms with Gasteiger partial charge in [-0.2, -0.15) is 0 Å². The molecule has 2 aromatic carbocycles. The van der Waals surface area contributed by atoms with Crippen molar-refractivity contribution >= 4 is 27.5 Å². The number of benzene rings is 2. The van der Waals surface area contributed by atoms with Crippen molar-refractivity contribution in [2.45, 2.75) is 45.7 Å². The van der Waals surface area contributed by atoms with E-state index in [-0.39, 0.29) is 37.7 Å². The van der Waals surface area contributed by atoms with Gasteiger partial charge in [-0.3, -0.25) is 13.9 Å². The Bertz CT molecular complexity index is 1100. The predicted molar refractivity (Wildman–Crippen MR) is 141 cm³/mol. The first-order valence-electron chi connectivity index (χ1n) is 12.0. The van der Waals surface area contributed by atoms with E-state index in [1.54, 1.807) is 36.3 Å². The Kier molecular flexibility index (Phi) is 11.0. The second-order valence-electron chi connectivity index (χ2n) is 8.30. The number of sulfonamides is 1. The van der Waals surface area contributed by atoms with Gasteiger partial charge in [0.15, 0.2) is 0 Å². The molecule has 0 saturated carbocycles. The molecule has 0 aliphatic rings. The zero-order valence-corrected chi connectivity index (χ0v) is 22.5. The third kappa shape index (κ3) is 7.87. The van der Waals surface area contributed by atoms with Gasteiger partial charge in [-0.15, -0.1) is 0 Å². The lowest BCUT2D eigenvalue weighted by Crippen LogP contribution is -2.49. The van der Waals surface area contributed by atoms with Crippen LogP contribution in [0.3, 0.4) is 0 Å². The molecule has 0 bridgehead atoms. The molecular formula is C26H37N3O6S. The lowest BCUT2D eigenvalue weighted by Gasteiger charge is -2.31. The number of carbonyl (C=O) groups is 2. The van der Waals surface area contributed by atoms with Gasteiger partial charge in [-0.1, -0.05) is 31.2 Å². The number of rotatable bonds is 14. The van der Waals surface area contributed by atoms with E-state index in [1.807, 2.05) is 38.1 Å². The number of ether oxygens (including phenoxy) is 2. The molecule has 0 radical (unpaired) electrons. The Labute approximate surface area is 214 Å². The van der Waals surface area contributed by atoms with Crippen molar-refractivity contribution < 1.29 is 27.5 Å². The highest BCUT2D eigenvalue weighted by Gasteiger charge is 2.29. The molecule has 0 aromatic heterocycles. The lowest BCUT2D eigenvalue weighted by molar-refractivity contribution is -0.141. The van der Waals surface area contributed by atoms with Crippen LogP contribution in [0.2, 0.25) is 0 Å². The average Bonchev–Trinajstić information content (AvgIpc) is 2.86. The average molecular weight is 520 g/mol. The number of para-hydroxylation sites is 2. The number of methoxy groups -OCH3 is 2. The van der Waals surface area contributed by atoms with E-state index in [0.29, 0.717) is 30.2 Å². The minimum atomic E-state index is -3.61. The lowest BCUT2D eigenvalue weighted by atomic mass is 10.1. The number of carbonyl (C=O) groups excluding carboxylic acids is 2. The molecule has 0 fully saturated rings. The molecule has 1 N–H and O–H groups in total. The molecule has 0 heterocycles. The molecule has 2 rings (SSSR count). The minimum Gasteiger partial charge on any atom is -0.497 e. The van der Waals surface area contributed by atoms with Crippen LogP contribution in [0.25, 0.3) is 0 Å². The second-order valence-corrected chi connectivity index (χ2v) is 10.2. The number of amides is 2. The van der Waals surface area contributed by atoms with Crippen LogP contribution >= 0.6 is 0 Å². The van der Waals surface area contributed by atoms with E-state index < -0.39 is 16.1 Å². The monoisotopic (exact) mass is 519 g/mol. The van der Waals surface area contributed by atoms with Crippen molar-refractivity contribution in [2.24, 2.45) is 0 Å². The Morgan fingerprint density at radius 1 is 1.00 bits per heavy atom. The molecule has 10 heteroatoms. The van der Waals surface area contributed by atoms with Gasteiger partial charge in [0.1, 0.15) is 17.5 Å². The standard InChI is InChI=1S/C26H37N3O6S/c1-6-22(26(31)27-7-2)28(19-20-14-16-21(34-3)17-15-20)25(30)13-10-18-29(36(5,32)33)23-11-8-9-12-24(23)35-4/h8-9,11-12,14-17,22H,6-7,10,13,18-19H2,1-5H3,(H,27,31). The molecule has 0 aliphatic carbocycles. The highest BCUT2D eigenvalue weighted by Crippen LogP contribution is 2.30. The summed E-state index contributed by atoms with van der Waals surface area (Å²) in [4.78, 5) is 27.7. The smallest absolute Gasteiger partial charge is 0.242 e. The number of nitrogens with zero attached hydrogens (tertiary/aromatic N) is 2. The van der Waals surface area contributed by atoms with Gasteiger partial charge in [-0.05, 0) is 49.6 Å². The maximum absolute atomic E-state index is 13.4. The normalized spacial score (nSPS) is 11.9. The number of likely N-dealkylation sites (N-methyl/N-ethyl adjacent to an activating group) is 1. The zero-order valence-electron chi connectivity index (χ0n) is 21.7. The number of nitrogens with one attached hydrogen (secondary N) is 1. The fraction of sp³-hybridized carbons (Fsp3) is 0.462. The summed E-state index contributed by atoms with van der Waals surface area (Å²) in [5.74, 6) is 0.688. The molecule has 9 nitrogen and oxygen atoms in total. The summed E-state index contributed by atoms with van der Waals surface area (Å²) in [5, 5.41) is 2.81. The Balaban J connectivity index is 2.23.